The molecule has 0 bridgehead atoms. The van der Waals surface area contributed by atoms with Crippen molar-refractivity contribution in [2.45, 2.75) is 62.5 Å². The SMILES string of the molecule is COC(=O)c1cc(-c2cnc3c(c2)c(-c2ccccc2OC)cn3S(=O)(=O)c2ccc(C)cc2)ccc1O.COc1ccccc1-c1c[nH]c2ncc(-c3ccc(O)c(C(=O)N(C)CCN(C)C)c3)cc12.COc1ccccc1-c1cn(S(=O)(=O)c2ccc(C)cc2)c2ncc(B3OC(C)(C)C(C)(C)O3)cc12. The third kappa shape index (κ3) is 15.1. The number of pyridine rings is 3. The Hall–Kier alpha value is -11.6. The van der Waals surface area contributed by atoms with Crippen molar-refractivity contribution in [3.05, 3.63) is 235 Å². The number of hydrogen-bond donors (Lipinski definition) is 3. The van der Waals surface area contributed by atoms with Crippen LogP contribution in [0.1, 0.15) is 59.5 Å². The topological polar surface area (TPSA) is 269 Å². The molecule has 13 aromatic rings. The maximum absolute atomic E-state index is 13.7. The number of phenols is 2. The van der Waals surface area contributed by atoms with E-state index in [1.54, 1.807) is 143 Å². The molecule has 25 heteroatoms. The Morgan fingerprint density at radius 3 is 1.41 bits per heavy atom. The van der Waals surface area contributed by atoms with Crippen LogP contribution in [0, 0.1) is 13.8 Å². The van der Waals surface area contributed by atoms with Gasteiger partial charge in [0.05, 0.1) is 55.0 Å². The standard InChI is InChI=1S/C29H24N2O6S.C27H29BN2O5S.C26H28N4O3/c1-18-8-11-21(12-9-18)38(34,35)31-17-25(22-6-4-5-7-27(22)36-2)23-15-20(16-30-28(23)31)19-10-13-26(32)24(14-19)29(33)37-3;1-18-11-13-20(14-12-18)36(31,32)30-17-23(21-9-7-8-10-24(21)33-6)22-15-19(16-29-25(22)30)28-34-26(2,3)27(4,5)35-28;1-29(2)11-12-30(3)26(32)21-13-17(9-10-23(21)31)18-14-20-22(16-28-25(20)27-15-18)19-7-5-6-8-24(19)33-4/h4-17,32H,1-3H3;7-17H,1-6H3;5-10,13-16,31H,11-12H2,1-4H3,(H,27,28). The first-order valence-electron chi connectivity index (χ1n) is 34.1. The molecule has 1 aliphatic rings. The van der Waals surface area contributed by atoms with Crippen molar-refractivity contribution in [1.82, 2.24) is 37.7 Å². The molecule has 1 amide bonds. The molecule has 14 rings (SSSR count). The van der Waals surface area contributed by atoms with E-state index >= 15 is 0 Å². The van der Waals surface area contributed by atoms with Crippen LogP contribution in [0.2, 0.25) is 0 Å². The van der Waals surface area contributed by atoms with Crippen LogP contribution in [0.15, 0.2) is 223 Å². The maximum atomic E-state index is 13.7. The molecular weight excluding hydrogens is 1400 g/mol. The van der Waals surface area contributed by atoms with Crippen LogP contribution >= 0.6 is 0 Å². The number of hydrogen-bond acceptors (Lipinski definition) is 18. The zero-order valence-corrected chi connectivity index (χ0v) is 63.1. The Kier molecular flexibility index (Phi) is 21.4. The van der Waals surface area contributed by atoms with Crippen LogP contribution < -0.4 is 19.7 Å². The van der Waals surface area contributed by atoms with Gasteiger partial charge in [-0.3, -0.25) is 4.79 Å². The molecule has 0 unspecified atom stereocenters. The summed E-state index contributed by atoms with van der Waals surface area (Å²) in [4.78, 5) is 46.0. The Morgan fingerprint density at radius 2 is 0.935 bits per heavy atom. The second-order valence-electron chi connectivity index (χ2n) is 27.0. The highest BCUT2D eigenvalue weighted by Crippen LogP contribution is 2.43. The third-order valence-electron chi connectivity index (χ3n) is 19.2. The minimum absolute atomic E-state index is 0.00886. The van der Waals surface area contributed by atoms with Gasteiger partial charge < -0.3 is 53.3 Å². The minimum Gasteiger partial charge on any atom is -0.507 e. The number of phenolic OH excluding ortho intramolecular Hbond substituents is 2. The van der Waals surface area contributed by atoms with Gasteiger partial charge in [-0.25, -0.2) is 44.5 Å². The molecule has 0 spiro atoms. The van der Waals surface area contributed by atoms with Crippen LogP contribution in [0.5, 0.6) is 28.7 Å². The van der Waals surface area contributed by atoms with Crippen molar-refractivity contribution in [3.63, 3.8) is 0 Å². The lowest BCUT2D eigenvalue weighted by Gasteiger charge is -2.32. The number of likely N-dealkylation sites (N-methyl/N-ethyl adjacent to an activating group) is 2. The lowest BCUT2D eigenvalue weighted by Crippen LogP contribution is -2.41. The number of aromatic amines is 1. The zero-order chi connectivity index (χ0) is 76.4. The predicted octanol–water partition coefficient (Wildman–Crippen LogP) is 14.2. The van der Waals surface area contributed by atoms with Crippen LogP contribution in [-0.4, -0.2) is 158 Å². The molecule has 1 aliphatic heterocycles. The summed E-state index contributed by atoms with van der Waals surface area (Å²) in [6.45, 7) is 13.1. The lowest BCUT2D eigenvalue weighted by molar-refractivity contribution is 0.00578. The van der Waals surface area contributed by atoms with Crippen molar-refractivity contribution >= 4 is 77.6 Å². The van der Waals surface area contributed by atoms with Crippen molar-refractivity contribution in [2.75, 3.05) is 62.7 Å². The Morgan fingerprint density at radius 1 is 0.505 bits per heavy atom. The Labute approximate surface area is 621 Å². The van der Waals surface area contributed by atoms with E-state index in [1.807, 2.05) is 146 Å². The van der Waals surface area contributed by atoms with E-state index in [2.05, 4.69) is 19.9 Å². The first-order valence-corrected chi connectivity index (χ1v) is 37.0. The van der Waals surface area contributed by atoms with Gasteiger partial charge in [-0.1, -0.05) is 102 Å². The Bertz CT molecular complexity index is 5740. The molecule has 0 atom stereocenters. The van der Waals surface area contributed by atoms with Crippen molar-refractivity contribution < 1.29 is 64.9 Å². The van der Waals surface area contributed by atoms with Gasteiger partial charge in [-0.05, 0) is 152 Å². The number of nitrogens with one attached hydrogen (secondary N) is 1. The van der Waals surface area contributed by atoms with Crippen LogP contribution in [-0.2, 0) is 34.1 Å². The highest BCUT2D eigenvalue weighted by Gasteiger charge is 2.52. The number of aromatic nitrogens is 6. The summed E-state index contributed by atoms with van der Waals surface area (Å²) in [6, 6.07) is 51.5. The number of methoxy groups -OCH3 is 4. The number of fused-ring (bicyclic) bond motifs is 3. The molecule has 0 radical (unpaired) electrons. The number of benzene rings is 7. The number of H-pyrrole nitrogens is 1. The van der Waals surface area contributed by atoms with E-state index in [0.717, 1.165) is 62.3 Å². The van der Waals surface area contributed by atoms with Gasteiger partial charge in [0, 0.05) is 123 Å². The largest absolute Gasteiger partial charge is 0.507 e. The number of aromatic hydroxyl groups is 2. The smallest absolute Gasteiger partial charge is 0.496 e. The fourth-order valence-electron chi connectivity index (χ4n) is 12.4. The van der Waals surface area contributed by atoms with Crippen molar-refractivity contribution in [2.24, 2.45) is 0 Å². The number of ether oxygens (including phenoxy) is 4. The normalized spacial score (nSPS) is 13.2. The fourth-order valence-corrected chi connectivity index (χ4v) is 15.1. The summed E-state index contributed by atoms with van der Waals surface area (Å²) >= 11 is 0. The summed E-state index contributed by atoms with van der Waals surface area (Å²) in [5, 5.41) is 22.7. The van der Waals surface area contributed by atoms with E-state index in [0.29, 0.717) is 67.7 Å². The summed E-state index contributed by atoms with van der Waals surface area (Å²) in [5.74, 6) is 0.838. The third-order valence-corrected chi connectivity index (χ3v) is 22.5. The summed E-state index contributed by atoms with van der Waals surface area (Å²) in [7, 11) is 3.18. The quantitative estimate of drug-likeness (QED) is 0.0532. The van der Waals surface area contributed by atoms with Crippen LogP contribution in [0.25, 0.3) is 88.7 Å². The molecule has 7 aromatic carbocycles. The Balaban J connectivity index is 0.000000151. The van der Waals surface area contributed by atoms with E-state index < -0.39 is 44.3 Å². The first kappa shape index (κ1) is 75.1. The van der Waals surface area contributed by atoms with E-state index in [-0.39, 0.29) is 44.0 Å². The monoisotopic (exact) mass is 1480 g/mol. The number of nitrogens with zero attached hydrogens (tertiary/aromatic N) is 7. The average Bonchev–Trinajstić information content (AvgIpc) is 1.60. The molecule has 1 saturated heterocycles. The molecular formula is C82H81BN8O14S2. The molecule has 0 saturated carbocycles. The maximum Gasteiger partial charge on any atom is 0.496 e. The van der Waals surface area contributed by atoms with Gasteiger partial charge in [-0.15, -0.1) is 0 Å². The van der Waals surface area contributed by atoms with Crippen LogP contribution in [0.4, 0.5) is 0 Å². The molecule has 3 N–H and O–H groups in total. The number of para-hydroxylation sites is 3. The highest BCUT2D eigenvalue weighted by atomic mass is 32.2. The van der Waals surface area contributed by atoms with E-state index in [1.165, 1.54) is 33.4 Å². The van der Waals surface area contributed by atoms with Gasteiger partial charge in [0.25, 0.3) is 26.0 Å². The second-order valence-corrected chi connectivity index (χ2v) is 30.7. The minimum atomic E-state index is -3.97. The fraction of sp³-hybridized carbons (Fsp3) is 0.207. The number of carbonyl (C=O) groups excluding carboxylic acids is 2. The lowest BCUT2D eigenvalue weighted by atomic mass is 9.79. The predicted molar refractivity (Wildman–Crippen MR) is 416 cm³/mol. The molecule has 22 nitrogen and oxygen atoms in total. The first-order chi connectivity index (χ1) is 51.1. The number of carbonyl (C=O) groups is 2. The summed E-state index contributed by atoms with van der Waals surface area (Å²) < 4.78 is 91.2. The zero-order valence-electron chi connectivity index (χ0n) is 61.4. The summed E-state index contributed by atoms with van der Waals surface area (Å²) in [6.07, 6.45) is 10.00. The second kappa shape index (κ2) is 30.5. The van der Waals surface area contributed by atoms with Crippen molar-refractivity contribution in [3.8, 4) is 84.4 Å². The number of amides is 1. The van der Waals surface area contributed by atoms with E-state index in [9.17, 15) is 36.6 Å². The molecule has 6 aromatic heterocycles. The summed E-state index contributed by atoms with van der Waals surface area (Å²) in [5.41, 5.74) is 10.8. The highest BCUT2D eigenvalue weighted by molar-refractivity contribution is 7.90. The number of rotatable bonds is 18. The molecule has 107 heavy (non-hydrogen) atoms. The average molecular weight is 1480 g/mol. The van der Waals surface area contributed by atoms with E-state index in [4.69, 9.17) is 28.3 Å². The molecule has 7 heterocycles. The van der Waals surface area contributed by atoms with Crippen LogP contribution in [0.3, 0.4) is 0 Å². The molecule has 0 aliphatic carbocycles. The van der Waals surface area contributed by atoms with Crippen molar-refractivity contribution in [1.29, 1.82) is 0 Å². The van der Waals surface area contributed by atoms with Gasteiger partial charge in [0.2, 0.25) is 0 Å². The van der Waals surface area contributed by atoms with Gasteiger partial charge in [0.15, 0.2) is 11.3 Å². The van der Waals surface area contributed by atoms with Gasteiger partial charge in [0.1, 0.15) is 40.0 Å². The molecule has 1 fully saturated rings. The number of aryl methyl sites for hydroxylation is 2. The molecule has 548 valence electrons. The van der Waals surface area contributed by atoms with Gasteiger partial charge in [-0.2, -0.15) is 0 Å². The number of esters is 1. The van der Waals surface area contributed by atoms with Gasteiger partial charge >= 0.3 is 13.1 Å².